The minimum absolute atomic E-state index is 0.0126. The van der Waals surface area contributed by atoms with E-state index in [1.807, 2.05) is 80.6 Å². The number of ketones is 1. The molecule has 0 bridgehead atoms. The first kappa shape index (κ1) is 22.7. The van der Waals surface area contributed by atoms with Crippen LogP contribution >= 0.6 is 0 Å². The molecule has 0 unspecified atom stereocenters. The van der Waals surface area contributed by atoms with E-state index >= 15 is 0 Å². The van der Waals surface area contributed by atoms with Gasteiger partial charge in [0.25, 0.3) is 5.56 Å². The van der Waals surface area contributed by atoms with Crippen molar-refractivity contribution < 1.29 is 14.3 Å². The summed E-state index contributed by atoms with van der Waals surface area (Å²) in [5.41, 5.74) is 5.20. The Balaban J connectivity index is 1.51. The average Bonchev–Trinajstić information content (AvgIpc) is 2.85. The van der Waals surface area contributed by atoms with Crippen LogP contribution in [0.25, 0.3) is 10.9 Å². The maximum atomic E-state index is 13.6. The molecule has 35 heavy (non-hydrogen) atoms. The van der Waals surface area contributed by atoms with Crippen molar-refractivity contribution in [3.63, 3.8) is 0 Å². The lowest BCUT2D eigenvalue weighted by Gasteiger charge is -2.21. The van der Waals surface area contributed by atoms with Crippen molar-refractivity contribution in [1.29, 1.82) is 0 Å². The SMILES string of the molecule is Cc1ccc(NCc2cc3cc4c(cc3n(CC(=O)Cc3cccc(C)c3)c2=O)OCCO4)cc1. The van der Waals surface area contributed by atoms with Crippen LogP contribution in [0, 0.1) is 13.8 Å². The minimum atomic E-state index is -0.189. The van der Waals surface area contributed by atoms with Crippen molar-refractivity contribution in [1.82, 2.24) is 4.57 Å². The van der Waals surface area contributed by atoms with Crippen LogP contribution in [0.3, 0.4) is 0 Å². The van der Waals surface area contributed by atoms with Crippen molar-refractivity contribution in [2.75, 3.05) is 18.5 Å². The molecular weight excluding hydrogens is 440 g/mol. The zero-order valence-electron chi connectivity index (χ0n) is 20.0. The lowest BCUT2D eigenvalue weighted by atomic mass is 10.1. The largest absolute Gasteiger partial charge is 0.486 e. The summed E-state index contributed by atoms with van der Waals surface area (Å²) < 4.78 is 13.1. The summed E-state index contributed by atoms with van der Waals surface area (Å²) in [4.78, 5) is 26.6. The van der Waals surface area contributed by atoms with Crippen LogP contribution in [0.2, 0.25) is 0 Å². The highest BCUT2D eigenvalue weighted by Gasteiger charge is 2.18. The van der Waals surface area contributed by atoms with Crippen molar-refractivity contribution in [3.05, 3.63) is 99.3 Å². The number of hydrogen-bond acceptors (Lipinski definition) is 5. The number of benzene rings is 3. The highest BCUT2D eigenvalue weighted by atomic mass is 16.6. The van der Waals surface area contributed by atoms with Crippen LogP contribution in [0.15, 0.2) is 71.5 Å². The monoisotopic (exact) mass is 468 g/mol. The second kappa shape index (κ2) is 9.66. The number of hydrogen-bond donors (Lipinski definition) is 1. The molecule has 0 atom stereocenters. The second-order valence-corrected chi connectivity index (χ2v) is 9.04. The zero-order chi connectivity index (χ0) is 24.4. The Labute approximate surface area is 204 Å². The Kier molecular flexibility index (Phi) is 6.27. The Morgan fingerprint density at radius 3 is 2.40 bits per heavy atom. The molecule has 4 aromatic rings. The van der Waals surface area contributed by atoms with Gasteiger partial charge in [-0.2, -0.15) is 0 Å². The summed E-state index contributed by atoms with van der Waals surface area (Å²) >= 11 is 0. The molecule has 1 aliphatic heterocycles. The van der Waals surface area contributed by atoms with Crippen LogP contribution in [0.5, 0.6) is 11.5 Å². The molecule has 1 aromatic heterocycles. The van der Waals surface area contributed by atoms with E-state index < -0.39 is 0 Å². The van der Waals surface area contributed by atoms with Crippen molar-refractivity contribution in [3.8, 4) is 11.5 Å². The molecule has 0 radical (unpaired) electrons. The molecule has 0 spiro atoms. The molecule has 1 aliphatic rings. The summed E-state index contributed by atoms with van der Waals surface area (Å²) in [6, 6.07) is 21.5. The number of nitrogens with one attached hydrogen (secondary N) is 1. The van der Waals surface area contributed by atoms with Gasteiger partial charge in [0.1, 0.15) is 13.2 Å². The highest BCUT2D eigenvalue weighted by molar-refractivity contribution is 5.87. The van der Waals surface area contributed by atoms with E-state index in [0.29, 0.717) is 42.3 Å². The average molecular weight is 469 g/mol. The molecule has 178 valence electrons. The van der Waals surface area contributed by atoms with Gasteiger partial charge in [0, 0.05) is 35.7 Å². The quantitative estimate of drug-likeness (QED) is 0.421. The third-order valence-electron chi connectivity index (χ3n) is 6.18. The molecule has 3 aromatic carbocycles. The summed E-state index contributed by atoms with van der Waals surface area (Å²) in [7, 11) is 0. The van der Waals surface area contributed by atoms with Crippen LogP contribution < -0.4 is 20.3 Å². The van der Waals surface area contributed by atoms with Gasteiger partial charge in [0.2, 0.25) is 0 Å². The molecule has 0 fully saturated rings. The molecule has 0 saturated carbocycles. The predicted molar refractivity (Wildman–Crippen MR) is 138 cm³/mol. The van der Waals surface area contributed by atoms with Gasteiger partial charge in [-0.15, -0.1) is 0 Å². The van der Waals surface area contributed by atoms with E-state index in [9.17, 15) is 9.59 Å². The van der Waals surface area contributed by atoms with Gasteiger partial charge >= 0.3 is 0 Å². The second-order valence-electron chi connectivity index (χ2n) is 9.04. The Hall–Kier alpha value is -4.06. The number of carbonyl (C=O) groups is 1. The number of fused-ring (bicyclic) bond motifs is 2. The molecular formula is C29H28N2O4. The van der Waals surface area contributed by atoms with E-state index in [1.54, 1.807) is 4.57 Å². The molecule has 6 heteroatoms. The number of aryl methyl sites for hydroxylation is 2. The number of carbonyl (C=O) groups excluding carboxylic acids is 1. The smallest absolute Gasteiger partial charge is 0.256 e. The standard InChI is InChI=1S/C29H28N2O4/c1-19-6-8-24(9-7-19)30-17-23-14-22-15-27-28(35-11-10-34-27)16-26(22)31(29(23)33)18-25(32)13-21-5-3-4-20(2)12-21/h3-9,12,14-16,30H,10-11,13,17-18H2,1-2H3. The number of rotatable bonds is 7. The number of Topliss-reactive ketones (excluding diaryl/α,β-unsaturated/α-hetero) is 1. The van der Waals surface area contributed by atoms with Gasteiger partial charge < -0.3 is 19.4 Å². The van der Waals surface area contributed by atoms with E-state index in [0.717, 1.165) is 22.2 Å². The lowest BCUT2D eigenvalue weighted by Crippen LogP contribution is -2.29. The van der Waals surface area contributed by atoms with Crippen molar-refractivity contribution in [2.24, 2.45) is 0 Å². The molecule has 1 N–H and O–H groups in total. The number of aromatic nitrogens is 1. The summed E-state index contributed by atoms with van der Waals surface area (Å²) in [5.74, 6) is 1.21. The summed E-state index contributed by atoms with van der Waals surface area (Å²) in [6.45, 7) is 5.30. The topological polar surface area (TPSA) is 69.6 Å². The number of anilines is 1. The van der Waals surface area contributed by atoms with Crippen molar-refractivity contribution >= 4 is 22.4 Å². The van der Waals surface area contributed by atoms with Crippen LogP contribution in [0.1, 0.15) is 22.3 Å². The number of nitrogens with zero attached hydrogens (tertiary/aromatic N) is 1. The Morgan fingerprint density at radius 1 is 0.914 bits per heavy atom. The fourth-order valence-electron chi connectivity index (χ4n) is 4.41. The molecule has 0 amide bonds. The third-order valence-corrected chi connectivity index (χ3v) is 6.18. The van der Waals surface area contributed by atoms with Crippen LogP contribution in [-0.2, 0) is 24.3 Å². The van der Waals surface area contributed by atoms with Gasteiger partial charge in [-0.3, -0.25) is 9.59 Å². The Morgan fingerprint density at radius 2 is 1.66 bits per heavy atom. The molecule has 2 heterocycles. The highest BCUT2D eigenvalue weighted by Crippen LogP contribution is 2.34. The summed E-state index contributed by atoms with van der Waals surface area (Å²) in [6.07, 6.45) is 0.270. The molecule has 5 rings (SSSR count). The first-order valence-electron chi connectivity index (χ1n) is 11.8. The normalized spacial score (nSPS) is 12.5. The fourth-order valence-corrected chi connectivity index (χ4v) is 4.41. The minimum Gasteiger partial charge on any atom is -0.486 e. The van der Waals surface area contributed by atoms with Crippen molar-refractivity contribution in [2.45, 2.75) is 33.4 Å². The van der Waals surface area contributed by atoms with Gasteiger partial charge in [-0.1, -0.05) is 47.5 Å². The number of pyridine rings is 1. The predicted octanol–water partition coefficient (Wildman–Crippen LogP) is 4.81. The first-order chi connectivity index (χ1) is 17.0. The van der Waals surface area contributed by atoms with Crippen LogP contribution in [0.4, 0.5) is 5.69 Å². The van der Waals surface area contributed by atoms with Gasteiger partial charge in [0.15, 0.2) is 17.3 Å². The van der Waals surface area contributed by atoms with Gasteiger partial charge in [-0.25, -0.2) is 0 Å². The molecule has 6 nitrogen and oxygen atoms in total. The fraction of sp³-hybridized carbons (Fsp3) is 0.241. The molecule has 0 aliphatic carbocycles. The van der Waals surface area contributed by atoms with E-state index in [2.05, 4.69) is 5.32 Å². The maximum Gasteiger partial charge on any atom is 0.256 e. The Bertz CT molecular complexity index is 1450. The summed E-state index contributed by atoms with van der Waals surface area (Å²) in [5, 5.41) is 4.16. The van der Waals surface area contributed by atoms with Gasteiger partial charge in [-0.05, 0) is 43.7 Å². The zero-order valence-corrected chi connectivity index (χ0v) is 20.0. The van der Waals surface area contributed by atoms with Crippen LogP contribution in [-0.4, -0.2) is 23.6 Å². The maximum absolute atomic E-state index is 13.6. The van der Waals surface area contributed by atoms with Gasteiger partial charge in [0.05, 0.1) is 12.1 Å². The third kappa shape index (κ3) is 5.06. The molecule has 0 saturated heterocycles. The van der Waals surface area contributed by atoms with E-state index in [-0.39, 0.29) is 24.3 Å². The number of ether oxygens (including phenoxy) is 2. The first-order valence-corrected chi connectivity index (χ1v) is 11.8. The van der Waals surface area contributed by atoms with E-state index in [4.69, 9.17) is 9.47 Å². The lowest BCUT2D eigenvalue weighted by molar-refractivity contribution is -0.119. The van der Waals surface area contributed by atoms with E-state index in [1.165, 1.54) is 5.56 Å².